The minimum Gasteiger partial charge on any atom is -0.481 e. The molecule has 4 nitrogen and oxygen atoms in total. The molecule has 0 saturated heterocycles. The quantitative estimate of drug-likeness (QED) is 0.729. The number of rotatable bonds is 9. The first kappa shape index (κ1) is 17.7. The van der Waals surface area contributed by atoms with Crippen LogP contribution in [-0.2, 0) is 4.79 Å². The Bertz CT molecular complexity index is 462. The summed E-state index contributed by atoms with van der Waals surface area (Å²) in [6.45, 7) is 6.73. The largest absolute Gasteiger partial charge is 0.481 e. The Balaban J connectivity index is 2.38. The Labute approximate surface area is 130 Å². The number of amides is 1. The van der Waals surface area contributed by atoms with Gasteiger partial charge in [0.2, 0.25) is 0 Å². The van der Waals surface area contributed by atoms with Gasteiger partial charge >= 0.3 is 5.97 Å². The SMILES string of the molecule is CCCC(CCNC(=O)c1cc(C)c(C)s1)CCC(=O)O. The molecular formula is C16H25NO3S. The van der Waals surface area contributed by atoms with Crippen molar-refractivity contribution in [2.45, 2.75) is 52.9 Å². The minimum absolute atomic E-state index is 0.0234. The standard InChI is InChI=1S/C16H25NO3S/c1-4-5-13(6-7-15(18)19)8-9-17-16(20)14-10-11(2)12(3)21-14/h10,13H,4-9H2,1-3H3,(H,17,20)(H,18,19). The van der Waals surface area contributed by atoms with Crippen LogP contribution in [0, 0.1) is 19.8 Å². The van der Waals surface area contributed by atoms with Crippen LogP contribution in [0.3, 0.4) is 0 Å². The second-order valence-corrected chi connectivity index (χ2v) is 6.74. The zero-order valence-corrected chi connectivity index (χ0v) is 13.9. The number of carboxylic acids is 1. The number of hydrogen-bond acceptors (Lipinski definition) is 3. The highest BCUT2D eigenvalue weighted by molar-refractivity contribution is 7.14. The maximum Gasteiger partial charge on any atom is 0.303 e. The van der Waals surface area contributed by atoms with E-state index >= 15 is 0 Å². The third-order valence-electron chi connectivity index (χ3n) is 3.69. The van der Waals surface area contributed by atoms with Gasteiger partial charge in [-0.05, 0) is 44.2 Å². The molecule has 1 aromatic rings. The van der Waals surface area contributed by atoms with Crippen molar-refractivity contribution in [1.82, 2.24) is 5.32 Å². The molecule has 1 heterocycles. The van der Waals surface area contributed by atoms with Crippen LogP contribution in [0.15, 0.2) is 6.07 Å². The first-order valence-corrected chi connectivity index (χ1v) is 8.32. The van der Waals surface area contributed by atoms with Crippen molar-refractivity contribution in [3.8, 4) is 0 Å². The molecule has 0 aromatic carbocycles. The highest BCUT2D eigenvalue weighted by atomic mass is 32.1. The fourth-order valence-electron chi connectivity index (χ4n) is 2.33. The molecule has 0 aliphatic rings. The molecule has 0 spiro atoms. The number of carboxylic acid groups (broad SMARTS) is 1. The zero-order chi connectivity index (χ0) is 15.8. The Morgan fingerprint density at radius 1 is 1.29 bits per heavy atom. The monoisotopic (exact) mass is 311 g/mol. The van der Waals surface area contributed by atoms with Gasteiger partial charge in [-0.3, -0.25) is 9.59 Å². The van der Waals surface area contributed by atoms with Gasteiger partial charge in [0.25, 0.3) is 5.91 Å². The van der Waals surface area contributed by atoms with Crippen LogP contribution in [-0.4, -0.2) is 23.5 Å². The van der Waals surface area contributed by atoms with E-state index < -0.39 is 5.97 Å². The lowest BCUT2D eigenvalue weighted by atomic mass is 9.94. The van der Waals surface area contributed by atoms with Crippen LogP contribution >= 0.6 is 11.3 Å². The predicted octanol–water partition coefficient (Wildman–Crippen LogP) is 3.77. The number of nitrogens with one attached hydrogen (secondary N) is 1. The zero-order valence-electron chi connectivity index (χ0n) is 13.1. The predicted molar refractivity (Wildman–Crippen MR) is 86.0 cm³/mol. The highest BCUT2D eigenvalue weighted by Gasteiger charge is 2.13. The van der Waals surface area contributed by atoms with E-state index in [1.54, 1.807) is 0 Å². The van der Waals surface area contributed by atoms with Gasteiger partial charge in [0.05, 0.1) is 4.88 Å². The van der Waals surface area contributed by atoms with Crippen molar-refractivity contribution in [2.75, 3.05) is 6.54 Å². The van der Waals surface area contributed by atoms with Crippen LogP contribution in [0.1, 0.15) is 59.1 Å². The Kier molecular flexibility index (Phi) is 7.43. The molecule has 5 heteroatoms. The molecule has 1 atom stereocenters. The molecule has 2 N–H and O–H groups in total. The van der Waals surface area contributed by atoms with E-state index in [0.717, 1.165) is 29.7 Å². The summed E-state index contributed by atoms with van der Waals surface area (Å²) in [6, 6.07) is 1.92. The smallest absolute Gasteiger partial charge is 0.303 e. The maximum atomic E-state index is 12.0. The number of aliphatic carboxylic acids is 1. The van der Waals surface area contributed by atoms with Crippen molar-refractivity contribution in [3.63, 3.8) is 0 Å². The van der Waals surface area contributed by atoms with Crippen molar-refractivity contribution < 1.29 is 14.7 Å². The van der Waals surface area contributed by atoms with Crippen LogP contribution in [0.25, 0.3) is 0 Å². The van der Waals surface area contributed by atoms with Crippen LogP contribution < -0.4 is 5.32 Å². The van der Waals surface area contributed by atoms with Crippen LogP contribution in [0.2, 0.25) is 0 Å². The van der Waals surface area contributed by atoms with Crippen molar-refractivity contribution in [3.05, 3.63) is 21.4 Å². The third-order valence-corrected chi connectivity index (χ3v) is 4.84. The van der Waals surface area contributed by atoms with Gasteiger partial charge in [-0.1, -0.05) is 19.8 Å². The van der Waals surface area contributed by atoms with Crippen molar-refractivity contribution in [2.24, 2.45) is 5.92 Å². The van der Waals surface area contributed by atoms with E-state index in [9.17, 15) is 9.59 Å². The molecule has 0 bridgehead atoms. The Hall–Kier alpha value is -1.36. The normalized spacial score (nSPS) is 12.1. The van der Waals surface area contributed by atoms with E-state index in [4.69, 9.17) is 5.11 Å². The molecule has 21 heavy (non-hydrogen) atoms. The third kappa shape index (κ3) is 6.29. The Morgan fingerprint density at radius 2 is 2.00 bits per heavy atom. The summed E-state index contributed by atoms with van der Waals surface area (Å²) < 4.78 is 0. The number of hydrogen-bond donors (Lipinski definition) is 2. The molecule has 0 aliphatic carbocycles. The van der Waals surface area contributed by atoms with Gasteiger partial charge in [-0.15, -0.1) is 11.3 Å². The van der Waals surface area contributed by atoms with Crippen LogP contribution in [0.4, 0.5) is 0 Å². The lowest BCUT2D eigenvalue weighted by molar-refractivity contribution is -0.137. The summed E-state index contributed by atoms with van der Waals surface area (Å²) in [6.07, 6.45) is 3.80. The molecule has 1 aromatic heterocycles. The highest BCUT2D eigenvalue weighted by Crippen LogP contribution is 2.21. The molecule has 0 saturated carbocycles. The average molecular weight is 311 g/mol. The van der Waals surface area contributed by atoms with Crippen LogP contribution in [0.5, 0.6) is 0 Å². The lowest BCUT2D eigenvalue weighted by Gasteiger charge is -2.15. The van der Waals surface area contributed by atoms with Crippen molar-refractivity contribution in [1.29, 1.82) is 0 Å². The molecular weight excluding hydrogens is 286 g/mol. The number of carbonyl (C=O) groups is 2. The van der Waals surface area contributed by atoms with Gasteiger partial charge in [0.15, 0.2) is 0 Å². The lowest BCUT2D eigenvalue weighted by Crippen LogP contribution is -2.25. The first-order valence-electron chi connectivity index (χ1n) is 7.51. The molecule has 0 aliphatic heterocycles. The first-order chi connectivity index (χ1) is 9.93. The summed E-state index contributed by atoms with van der Waals surface area (Å²) in [5.41, 5.74) is 1.15. The molecule has 0 fully saturated rings. The van der Waals surface area contributed by atoms with E-state index in [-0.39, 0.29) is 12.3 Å². The number of thiophene rings is 1. The molecule has 118 valence electrons. The summed E-state index contributed by atoms with van der Waals surface area (Å²) >= 11 is 1.52. The Morgan fingerprint density at radius 3 is 2.52 bits per heavy atom. The van der Waals surface area contributed by atoms with Gasteiger partial charge in [0, 0.05) is 17.8 Å². The average Bonchev–Trinajstić information content (AvgIpc) is 2.76. The molecule has 1 unspecified atom stereocenters. The summed E-state index contributed by atoms with van der Waals surface area (Å²) in [5.74, 6) is -0.396. The fraction of sp³-hybridized carbons (Fsp3) is 0.625. The second kappa shape index (κ2) is 8.82. The number of carbonyl (C=O) groups excluding carboxylic acids is 1. The van der Waals surface area contributed by atoms with E-state index in [2.05, 4.69) is 12.2 Å². The van der Waals surface area contributed by atoms with Gasteiger partial charge < -0.3 is 10.4 Å². The second-order valence-electron chi connectivity index (χ2n) is 5.48. The van der Waals surface area contributed by atoms with Crippen molar-refractivity contribution >= 4 is 23.2 Å². The fourth-order valence-corrected chi connectivity index (χ4v) is 3.28. The summed E-state index contributed by atoms with van der Waals surface area (Å²) in [7, 11) is 0. The summed E-state index contributed by atoms with van der Waals surface area (Å²) in [5, 5.41) is 11.7. The van der Waals surface area contributed by atoms with E-state index in [1.165, 1.54) is 16.2 Å². The summed E-state index contributed by atoms with van der Waals surface area (Å²) in [4.78, 5) is 24.6. The van der Waals surface area contributed by atoms with Gasteiger partial charge in [0.1, 0.15) is 0 Å². The molecule has 0 radical (unpaired) electrons. The number of aryl methyl sites for hydroxylation is 2. The van der Waals surface area contributed by atoms with Gasteiger partial charge in [-0.25, -0.2) is 0 Å². The minimum atomic E-state index is -0.746. The topological polar surface area (TPSA) is 66.4 Å². The molecule has 1 amide bonds. The maximum absolute atomic E-state index is 12.0. The molecule has 1 rings (SSSR count). The van der Waals surface area contributed by atoms with E-state index in [1.807, 2.05) is 19.9 Å². The van der Waals surface area contributed by atoms with Gasteiger partial charge in [-0.2, -0.15) is 0 Å². The van der Waals surface area contributed by atoms with E-state index in [0.29, 0.717) is 18.9 Å².